The number of hydrogen-bond donors (Lipinski definition) is 1. The third-order valence-corrected chi connectivity index (χ3v) is 6.69. The number of aliphatic hydroxyl groups excluding tert-OH is 1. The molecule has 4 rings (SSSR count). The van der Waals surface area contributed by atoms with Crippen molar-refractivity contribution >= 4 is 17.4 Å². The third kappa shape index (κ3) is 4.72. The topological polar surface area (TPSA) is 79.3 Å². The number of ether oxygens (including phenoxy) is 2. The summed E-state index contributed by atoms with van der Waals surface area (Å²) in [5.74, 6) is -0.728. The molecule has 0 aliphatic carbocycles. The second kappa shape index (κ2) is 10.4. The maximum Gasteiger partial charge on any atom is 0.295 e. The number of Topliss-reactive ketones (excluding diaryl/α,β-unsaturated/α-hetero) is 1. The van der Waals surface area contributed by atoms with E-state index in [9.17, 15) is 14.7 Å². The van der Waals surface area contributed by atoms with Gasteiger partial charge in [-0.1, -0.05) is 31.2 Å². The van der Waals surface area contributed by atoms with Gasteiger partial charge in [0.15, 0.2) is 0 Å². The van der Waals surface area contributed by atoms with E-state index < -0.39 is 17.7 Å². The summed E-state index contributed by atoms with van der Waals surface area (Å²) in [4.78, 5) is 30.3. The molecular weight excluding hydrogens is 432 g/mol. The Morgan fingerprint density at radius 2 is 1.79 bits per heavy atom. The summed E-state index contributed by atoms with van der Waals surface area (Å²) in [6, 6.07) is 12.5. The number of aliphatic hydroxyl groups is 1. The van der Waals surface area contributed by atoms with Crippen LogP contribution < -0.4 is 4.74 Å². The molecule has 0 saturated carbocycles. The van der Waals surface area contributed by atoms with Crippen LogP contribution in [-0.2, 0) is 20.7 Å². The minimum absolute atomic E-state index is 0.129. The first-order chi connectivity index (χ1) is 16.4. The molecule has 1 atom stereocenters. The Labute approximate surface area is 200 Å². The average Bonchev–Trinajstić information content (AvgIpc) is 3.12. The van der Waals surface area contributed by atoms with Crippen molar-refractivity contribution in [2.24, 2.45) is 0 Å². The van der Waals surface area contributed by atoms with Crippen molar-refractivity contribution in [1.82, 2.24) is 9.80 Å². The number of carbonyl (C=O) groups is 2. The van der Waals surface area contributed by atoms with Crippen LogP contribution in [0.15, 0.2) is 48.0 Å². The lowest BCUT2D eigenvalue weighted by atomic mass is 9.93. The molecule has 1 amide bonds. The minimum Gasteiger partial charge on any atom is -0.507 e. The summed E-state index contributed by atoms with van der Waals surface area (Å²) in [5.41, 5.74) is 3.38. The maximum absolute atomic E-state index is 13.3. The van der Waals surface area contributed by atoms with E-state index in [1.165, 1.54) is 5.56 Å². The molecule has 2 aliphatic rings. The Morgan fingerprint density at radius 3 is 2.41 bits per heavy atom. The van der Waals surface area contributed by atoms with Crippen LogP contribution in [0.2, 0.25) is 0 Å². The van der Waals surface area contributed by atoms with Gasteiger partial charge in [-0.15, -0.1) is 0 Å². The van der Waals surface area contributed by atoms with Gasteiger partial charge in [0.2, 0.25) is 0 Å². The van der Waals surface area contributed by atoms with Gasteiger partial charge in [-0.05, 0) is 48.2 Å². The molecule has 2 aromatic rings. The van der Waals surface area contributed by atoms with Crippen molar-refractivity contribution in [1.29, 1.82) is 0 Å². The van der Waals surface area contributed by atoms with E-state index in [0.717, 1.165) is 30.6 Å². The number of hydrogen-bond acceptors (Lipinski definition) is 6. The number of carbonyl (C=O) groups excluding carboxylic acids is 2. The van der Waals surface area contributed by atoms with E-state index in [0.29, 0.717) is 37.6 Å². The number of ketones is 1. The largest absolute Gasteiger partial charge is 0.507 e. The van der Waals surface area contributed by atoms with Gasteiger partial charge in [-0.3, -0.25) is 14.5 Å². The van der Waals surface area contributed by atoms with E-state index in [-0.39, 0.29) is 11.3 Å². The second-order valence-corrected chi connectivity index (χ2v) is 8.72. The quantitative estimate of drug-likeness (QED) is 0.385. The Hall–Kier alpha value is -3.16. The molecule has 0 radical (unpaired) electrons. The maximum atomic E-state index is 13.3. The molecular formula is C27H32N2O5. The molecule has 2 heterocycles. The standard InChI is InChI=1S/C27H32N2O5/c1-4-19-5-7-20(8-6-19)24-23(25(30)22-10-9-21(33-3)17-18(22)2)26(31)27(32)29(24)12-11-28-13-15-34-16-14-28/h5-10,17,24,30H,4,11-16H2,1-3H3/t24-/m0/s1. The molecule has 34 heavy (non-hydrogen) atoms. The van der Waals surface area contributed by atoms with E-state index >= 15 is 0 Å². The molecule has 1 N–H and O–H groups in total. The molecule has 2 aromatic carbocycles. The summed E-state index contributed by atoms with van der Waals surface area (Å²) in [5, 5.41) is 11.3. The van der Waals surface area contributed by atoms with E-state index in [4.69, 9.17) is 9.47 Å². The Balaban J connectivity index is 1.75. The molecule has 2 saturated heterocycles. The van der Waals surface area contributed by atoms with Crippen LogP contribution in [0.5, 0.6) is 5.75 Å². The van der Waals surface area contributed by atoms with Gasteiger partial charge in [0.25, 0.3) is 11.7 Å². The SMILES string of the molecule is CCc1ccc([C@H]2C(=C(O)c3ccc(OC)cc3C)C(=O)C(=O)N2CCN2CCOCC2)cc1. The highest BCUT2D eigenvalue weighted by Gasteiger charge is 2.46. The molecule has 2 aliphatic heterocycles. The van der Waals surface area contributed by atoms with Crippen molar-refractivity contribution in [2.75, 3.05) is 46.5 Å². The fourth-order valence-corrected chi connectivity index (χ4v) is 4.64. The van der Waals surface area contributed by atoms with Crippen LogP contribution in [0.25, 0.3) is 5.76 Å². The van der Waals surface area contributed by atoms with Crippen LogP contribution in [0.3, 0.4) is 0 Å². The number of methoxy groups -OCH3 is 1. The summed E-state index contributed by atoms with van der Waals surface area (Å²) in [7, 11) is 1.58. The third-order valence-electron chi connectivity index (χ3n) is 6.69. The predicted octanol–water partition coefficient (Wildman–Crippen LogP) is 3.32. The zero-order valence-electron chi connectivity index (χ0n) is 20.0. The molecule has 2 fully saturated rings. The normalized spacial score (nSPS) is 20.7. The summed E-state index contributed by atoms with van der Waals surface area (Å²) >= 11 is 0. The van der Waals surface area contributed by atoms with Crippen molar-refractivity contribution in [3.63, 3.8) is 0 Å². The molecule has 0 unspecified atom stereocenters. The smallest absolute Gasteiger partial charge is 0.295 e. The highest BCUT2D eigenvalue weighted by atomic mass is 16.5. The highest BCUT2D eigenvalue weighted by Crippen LogP contribution is 2.40. The monoisotopic (exact) mass is 464 g/mol. The van der Waals surface area contributed by atoms with Gasteiger partial charge in [0, 0.05) is 31.7 Å². The average molecular weight is 465 g/mol. The van der Waals surface area contributed by atoms with Crippen LogP contribution in [0.1, 0.15) is 35.2 Å². The van der Waals surface area contributed by atoms with Gasteiger partial charge in [-0.25, -0.2) is 0 Å². The van der Waals surface area contributed by atoms with Crippen LogP contribution in [0, 0.1) is 6.92 Å². The lowest BCUT2D eigenvalue weighted by Gasteiger charge is -2.31. The van der Waals surface area contributed by atoms with Crippen LogP contribution in [0.4, 0.5) is 0 Å². The van der Waals surface area contributed by atoms with E-state index in [1.54, 1.807) is 30.2 Å². The minimum atomic E-state index is -0.653. The fourth-order valence-electron chi connectivity index (χ4n) is 4.64. The van der Waals surface area contributed by atoms with Gasteiger partial charge < -0.3 is 19.5 Å². The first-order valence-corrected chi connectivity index (χ1v) is 11.8. The first kappa shape index (κ1) is 24.0. The molecule has 7 nitrogen and oxygen atoms in total. The number of rotatable bonds is 7. The highest BCUT2D eigenvalue weighted by molar-refractivity contribution is 6.46. The fraction of sp³-hybridized carbons (Fsp3) is 0.407. The van der Waals surface area contributed by atoms with Crippen LogP contribution >= 0.6 is 0 Å². The van der Waals surface area contributed by atoms with Crippen molar-refractivity contribution < 1.29 is 24.2 Å². The number of morpholine rings is 1. The Kier molecular flexibility index (Phi) is 7.34. The van der Waals surface area contributed by atoms with Crippen molar-refractivity contribution in [2.45, 2.75) is 26.3 Å². The number of benzene rings is 2. The Morgan fingerprint density at radius 1 is 1.09 bits per heavy atom. The van der Waals surface area contributed by atoms with Crippen LogP contribution in [-0.4, -0.2) is 73.1 Å². The zero-order chi connectivity index (χ0) is 24.2. The van der Waals surface area contributed by atoms with E-state index in [2.05, 4.69) is 11.8 Å². The van der Waals surface area contributed by atoms with E-state index in [1.807, 2.05) is 31.2 Å². The Bertz CT molecular complexity index is 1090. The summed E-state index contributed by atoms with van der Waals surface area (Å²) < 4.78 is 10.7. The molecule has 0 aromatic heterocycles. The van der Waals surface area contributed by atoms with Gasteiger partial charge in [0.1, 0.15) is 11.5 Å². The van der Waals surface area contributed by atoms with Crippen molar-refractivity contribution in [3.8, 4) is 5.75 Å². The zero-order valence-corrected chi connectivity index (χ0v) is 20.0. The molecule has 180 valence electrons. The number of aryl methyl sites for hydroxylation is 2. The molecule has 7 heteroatoms. The first-order valence-electron chi connectivity index (χ1n) is 11.8. The number of amides is 1. The number of nitrogens with zero attached hydrogens (tertiary/aromatic N) is 2. The summed E-state index contributed by atoms with van der Waals surface area (Å²) in [6.07, 6.45) is 0.891. The lowest BCUT2D eigenvalue weighted by Crippen LogP contribution is -2.42. The predicted molar refractivity (Wildman–Crippen MR) is 130 cm³/mol. The molecule has 0 bridgehead atoms. The molecule has 0 spiro atoms. The second-order valence-electron chi connectivity index (χ2n) is 8.72. The summed E-state index contributed by atoms with van der Waals surface area (Å²) in [6.45, 7) is 7.88. The lowest BCUT2D eigenvalue weighted by molar-refractivity contribution is -0.140. The van der Waals surface area contributed by atoms with Gasteiger partial charge >= 0.3 is 0 Å². The van der Waals surface area contributed by atoms with Gasteiger partial charge in [0.05, 0.1) is 31.9 Å². The van der Waals surface area contributed by atoms with Gasteiger partial charge in [-0.2, -0.15) is 0 Å². The number of likely N-dealkylation sites (tertiary alicyclic amines) is 1. The van der Waals surface area contributed by atoms with Crippen molar-refractivity contribution in [3.05, 3.63) is 70.3 Å².